The Morgan fingerprint density at radius 2 is 1.87 bits per heavy atom. The lowest BCUT2D eigenvalue weighted by Gasteiger charge is -2.13. The molecule has 0 aliphatic rings. The van der Waals surface area contributed by atoms with E-state index in [9.17, 15) is 23.6 Å². The quantitative estimate of drug-likeness (QED) is 0.618. The highest BCUT2D eigenvalue weighted by Gasteiger charge is 2.19. The van der Waals surface area contributed by atoms with Crippen LogP contribution in [0.4, 0.5) is 11.4 Å². The van der Waals surface area contributed by atoms with Crippen molar-refractivity contribution in [2.24, 2.45) is 0 Å². The van der Waals surface area contributed by atoms with E-state index in [1.165, 1.54) is 12.1 Å². The minimum atomic E-state index is -3.53. The van der Waals surface area contributed by atoms with Gasteiger partial charge >= 0.3 is 0 Å². The van der Waals surface area contributed by atoms with Gasteiger partial charge in [-0.25, -0.2) is 8.42 Å². The van der Waals surface area contributed by atoms with Gasteiger partial charge in [0.1, 0.15) is 5.69 Å². The molecular weight excluding hydrogens is 320 g/mol. The molecule has 122 valence electrons. The molecule has 2 rings (SSSR count). The van der Waals surface area contributed by atoms with Gasteiger partial charge in [-0.3, -0.25) is 10.1 Å². The highest BCUT2D eigenvalue weighted by molar-refractivity contribution is 7.90. The molecule has 7 nitrogen and oxygen atoms in total. The van der Waals surface area contributed by atoms with Crippen molar-refractivity contribution in [1.29, 1.82) is 0 Å². The van der Waals surface area contributed by atoms with Crippen LogP contribution in [0.2, 0.25) is 0 Å². The van der Waals surface area contributed by atoms with Crippen LogP contribution in [0.15, 0.2) is 53.4 Å². The van der Waals surface area contributed by atoms with Gasteiger partial charge in [-0.15, -0.1) is 0 Å². The van der Waals surface area contributed by atoms with Gasteiger partial charge in [0.25, 0.3) is 5.69 Å². The summed E-state index contributed by atoms with van der Waals surface area (Å²) in [6.45, 7) is 0.0586. The number of nitrogens with one attached hydrogen (secondary N) is 1. The smallest absolute Gasteiger partial charge is 0.293 e. The van der Waals surface area contributed by atoms with Crippen molar-refractivity contribution in [2.45, 2.75) is 11.0 Å². The minimum Gasteiger partial charge on any atom is -0.387 e. The topological polar surface area (TPSA) is 110 Å². The van der Waals surface area contributed by atoms with Gasteiger partial charge < -0.3 is 10.4 Å². The van der Waals surface area contributed by atoms with Gasteiger partial charge in [-0.2, -0.15) is 0 Å². The van der Waals surface area contributed by atoms with Crippen molar-refractivity contribution in [3.05, 3.63) is 64.2 Å². The lowest BCUT2D eigenvalue weighted by atomic mass is 10.1. The third-order valence-electron chi connectivity index (χ3n) is 3.26. The number of aliphatic hydroxyl groups is 1. The van der Waals surface area contributed by atoms with E-state index in [0.717, 1.165) is 12.3 Å². The molecule has 0 aromatic heterocycles. The number of rotatable bonds is 6. The zero-order valence-corrected chi connectivity index (χ0v) is 13.2. The molecule has 1 atom stereocenters. The molecule has 0 aliphatic carbocycles. The number of benzene rings is 2. The Kier molecular flexibility index (Phi) is 4.97. The second-order valence-corrected chi connectivity index (χ2v) is 7.03. The van der Waals surface area contributed by atoms with Crippen LogP contribution in [0.25, 0.3) is 0 Å². The first-order valence-electron chi connectivity index (χ1n) is 6.74. The molecule has 0 saturated carbocycles. The van der Waals surface area contributed by atoms with Crippen molar-refractivity contribution in [3.8, 4) is 0 Å². The van der Waals surface area contributed by atoms with Gasteiger partial charge in [-0.1, -0.05) is 30.3 Å². The Hall–Kier alpha value is -2.45. The number of aliphatic hydroxyl groups excluding tert-OH is 1. The normalized spacial score (nSPS) is 12.6. The van der Waals surface area contributed by atoms with E-state index in [2.05, 4.69) is 5.32 Å². The molecule has 0 saturated heterocycles. The Balaban J connectivity index is 2.21. The highest BCUT2D eigenvalue weighted by atomic mass is 32.2. The highest BCUT2D eigenvalue weighted by Crippen LogP contribution is 2.28. The molecular formula is C15H16N2O5S. The predicted octanol–water partition coefficient (Wildman–Crippen LogP) is 2.14. The van der Waals surface area contributed by atoms with Crippen LogP contribution in [-0.4, -0.2) is 31.2 Å². The number of nitro groups is 1. The number of hydrogen-bond donors (Lipinski definition) is 2. The molecule has 8 heteroatoms. The van der Waals surface area contributed by atoms with Gasteiger partial charge in [0, 0.05) is 18.9 Å². The van der Waals surface area contributed by atoms with E-state index in [4.69, 9.17) is 0 Å². The molecule has 0 bridgehead atoms. The largest absolute Gasteiger partial charge is 0.387 e. The van der Waals surface area contributed by atoms with Gasteiger partial charge in [0.05, 0.1) is 15.9 Å². The molecule has 0 radical (unpaired) electrons. The molecule has 0 aliphatic heterocycles. The van der Waals surface area contributed by atoms with E-state index >= 15 is 0 Å². The summed E-state index contributed by atoms with van der Waals surface area (Å²) in [4.78, 5) is 10.3. The average molecular weight is 336 g/mol. The monoisotopic (exact) mass is 336 g/mol. The number of nitro benzene ring substituents is 1. The summed E-state index contributed by atoms with van der Waals surface area (Å²) < 4.78 is 23.0. The van der Waals surface area contributed by atoms with Crippen molar-refractivity contribution in [2.75, 3.05) is 18.1 Å². The zero-order chi connectivity index (χ0) is 17.0. The molecule has 0 spiro atoms. The lowest BCUT2D eigenvalue weighted by molar-refractivity contribution is -0.384. The molecule has 0 unspecified atom stereocenters. The van der Waals surface area contributed by atoms with Crippen LogP contribution >= 0.6 is 0 Å². The summed E-state index contributed by atoms with van der Waals surface area (Å²) in [5, 5.41) is 24.0. The van der Waals surface area contributed by atoms with Gasteiger partial charge in [0.15, 0.2) is 9.84 Å². The van der Waals surface area contributed by atoms with E-state index in [1.54, 1.807) is 24.3 Å². The summed E-state index contributed by atoms with van der Waals surface area (Å²) in [7, 11) is -3.53. The first-order chi connectivity index (χ1) is 10.8. The molecule has 0 heterocycles. The summed E-state index contributed by atoms with van der Waals surface area (Å²) >= 11 is 0. The second-order valence-electron chi connectivity index (χ2n) is 5.02. The third-order valence-corrected chi connectivity index (χ3v) is 4.37. The van der Waals surface area contributed by atoms with Crippen LogP contribution in [-0.2, 0) is 9.84 Å². The fraction of sp³-hybridized carbons (Fsp3) is 0.200. The molecule has 23 heavy (non-hydrogen) atoms. The van der Waals surface area contributed by atoms with Crippen LogP contribution < -0.4 is 5.32 Å². The standard InChI is InChI=1S/C15H16N2O5S/c1-23(21,22)12-7-8-13(14(9-12)17(19)20)16-10-15(18)11-5-3-2-4-6-11/h2-9,15-16,18H,10H2,1H3/t15-/m1/s1. The SMILES string of the molecule is CS(=O)(=O)c1ccc(NC[C@@H](O)c2ccccc2)c([N+](=O)[O-])c1. The fourth-order valence-corrected chi connectivity index (χ4v) is 2.68. The maximum absolute atomic E-state index is 11.5. The summed E-state index contributed by atoms with van der Waals surface area (Å²) in [5.41, 5.74) is 0.473. The Bertz CT molecular complexity index is 806. The predicted molar refractivity (Wildman–Crippen MR) is 86.1 cm³/mol. The van der Waals surface area contributed by atoms with Crippen molar-refractivity contribution in [1.82, 2.24) is 0 Å². The zero-order valence-electron chi connectivity index (χ0n) is 12.3. The number of hydrogen-bond acceptors (Lipinski definition) is 6. The third kappa shape index (κ3) is 4.27. The Labute approximate surface area is 133 Å². The van der Waals surface area contributed by atoms with E-state index in [1.807, 2.05) is 6.07 Å². The van der Waals surface area contributed by atoms with Crippen LogP contribution in [0, 0.1) is 10.1 Å². The van der Waals surface area contributed by atoms with Crippen molar-refractivity contribution < 1.29 is 18.4 Å². The summed E-state index contributed by atoms with van der Waals surface area (Å²) in [6.07, 6.45) is 0.142. The van der Waals surface area contributed by atoms with E-state index < -0.39 is 20.9 Å². The Morgan fingerprint density at radius 1 is 1.22 bits per heavy atom. The average Bonchev–Trinajstić information content (AvgIpc) is 2.52. The van der Waals surface area contributed by atoms with Crippen LogP contribution in [0.5, 0.6) is 0 Å². The van der Waals surface area contributed by atoms with Crippen molar-refractivity contribution >= 4 is 21.2 Å². The maximum atomic E-state index is 11.5. The number of nitrogens with zero attached hydrogens (tertiary/aromatic N) is 1. The van der Waals surface area contributed by atoms with E-state index in [-0.39, 0.29) is 22.8 Å². The van der Waals surface area contributed by atoms with Crippen molar-refractivity contribution in [3.63, 3.8) is 0 Å². The number of anilines is 1. The lowest BCUT2D eigenvalue weighted by Crippen LogP contribution is -2.13. The Morgan fingerprint density at radius 3 is 2.43 bits per heavy atom. The first kappa shape index (κ1) is 16.9. The molecule has 2 N–H and O–H groups in total. The second kappa shape index (κ2) is 6.76. The van der Waals surface area contributed by atoms with Crippen LogP contribution in [0.1, 0.15) is 11.7 Å². The minimum absolute atomic E-state index is 0.0586. The number of sulfone groups is 1. The molecule has 0 amide bonds. The maximum Gasteiger partial charge on any atom is 0.293 e. The summed E-state index contributed by atoms with van der Waals surface area (Å²) in [6, 6.07) is 12.5. The first-order valence-corrected chi connectivity index (χ1v) is 8.63. The van der Waals surface area contributed by atoms with Crippen LogP contribution in [0.3, 0.4) is 0 Å². The molecule has 2 aromatic carbocycles. The fourth-order valence-electron chi connectivity index (χ4n) is 2.04. The van der Waals surface area contributed by atoms with E-state index in [0.29, 0.717) is 5.56 Å². The molecule has 2 aromatic rings. The summed E-state index contributed by atoms with van der Waals surface area (Å²) in [5.74, 6) is 0. The molecule has 0 fully saturated rings. The van der Waals surface area contributed by atoms with Gasteiger partial charge in [-0.05, 0) is 17.7 Å². The van der Waals surface area contributed by atoms with Gasteiger partial charge in [0.2, 0.25) is 0 Å².